The summed E-state index contributed by atoms with van der Waals surface area (Å²) in [5.41, 5.74) is 0. The quantitative estimate of drug-likeness (QED) is 0.535. The molecule has 1 nitrogen and oxygen atoms in total. The first-order valence-electron chi connectivity index (χ1n) is 4.40. The van der Waals surface area contributed by atoms with Crippen LogP contribution in [0.1, 0.15) is 25.7 Å². The zero-order chi connectivity index (χ0) is 6.72. The molecule has 0 saturated heterocycles. The van der Waals surface area contributed by atoms with Gasteiger partial charge in [0.15, 0.2) is 0 Å². The van der Waals surface area contributed by atoms with Gasteiger partial charge in [-0.2, -0.15) is 0 Å². The Labute approximate surface area is 60.8 Å². The molecule has 0 aliphatic heterocycles. The molecule has 1 heteroatoms. The van der Waals surface area contributed by atoms with Crippen molar-refractivity contribution >= 4 is 5.78 Å². The monoisotopic (exact) mass is 136 g/mol. The van der Waals surface area contributed by atoms with Crippen LogP contribution in [0, 0.1) is 23.7 Å². The summed E-state index contributed by atoms with van der Waals surface area (Å²) < 4.78 is 0. The number of hydrogen-bond donors (Lipinski definition) is 0. The molecule has 54 valence electrons. The maximum absolute atomic E-state index is 11.2. The summed E-state index contributed by atoms with van der Waals surface area (Å²) in [6, 6.07) is 0. The summed E-state index contributed by atoms with van der Waals surface area (Å²) in [5.74, 6) is 3.87. The molecule has 0 aromatic rings. The molecular weight excluding hydrogens is 124 g/mol. The third-order valence-corrected chi connectivity index (χ3v) is 3.49. The van der Waals surface area contributed by atoms with Gasteiger partial charge in [0.1, 0.15) is 5.78 Å². The van der Waals surface area contributed by atoms with Crippen molar-refractivity contribution in [3.8, 4) is 0 Å². The maximum Gasteiger partial charge on any atom is 0.136 e. The molecule has 3 atom stereocenters. The van der Waals surface area contributed by atoms with Crippen LogP contribution in [-0.2, 0) is 4.79 Å². The lowest BCUT2D eigenvalue weighted by molar-refractivity contribution is -0.119. The summed E-state index contributed by atoms with van der Waals surface area (Å²) >= 11 is 0. The highest BCUT2D eigenvalue weighted by molar-refractivity contribution is 5.87. The minimum Gasteiger partial charge on any atom is -0.299 e. The first-order valence-corrected chi connectivity index (χ1v) is 4.40. The topological polar surface area (TPSA) is 17.1 Å². The minimum atomic E-state index is 0.562. The molecule has 10 heavy (non-hydrogen) atoms. The van der Waals surface area contributed by atoms with Crippen molar-refractivity contribution in [2.45, 2.75) is 25.7 Å². The molecule has 0 amide bonds. The number of fused-ring (bicyclic) bond motifs is 1. The number of hydrogen-bond acceptors (Lipinski definition) is 1. The third kappa shape index (κ3) is 0.518. The Kier molecular flexibility index (Phi) is 0.781. The highest BCUT2D eigenvalue weighted by atomic mass is 16.1. The van der Waals surface area contributed by atoms with E-state index in [4.69, 9.17) is 0 Å². The highest BCUT2D eigenvalue weighted by Crippen LogP contribution is 2.64. The predicted molar refractivity (Wildman–Crippen MR) is 37.4 cm³/mol. The summed E-state index contributed by atoms with van der Waals surface area (Å²) in [6.07, 6.45) is 4.97. The van der Waals surface area contributed by atoms with Crippen LogP contribution in [0.3, 0.4) is 0 Å². The van der Waals surface area contributed by atoms with E-state index in [0.717, 1.165) is 24.2 Å². The standard InChI is InChI=1S/C9H12O/c10-7-4-3-6-8(9(6)7)5-1-2-5/h5-6,8-9H,1-4H2/t6?,8-,9?/m0/s1. The lowest BCUT2D eigenvalue weighted by atomic mass is 10.1. The molecule has 0 heterocycles. The molecule has 0 aromatic heterocycles. The maximum atomic E-state index is 11.2. The number of ketones is 1. The van der Waals surface area contributed by atoms with Crippen LogP contribution in [0.2, 0.25) is 0 Å². The molecule has 3 fully saturated rings. The Morgan fingerprint density at radius 3 is 2.50 bits per heavy atom. The van der Waals surface area contributed by atoms with E-state index in [2.05, 4.69) is 0 Å². The van der Waals surface area contributed by atoms with E-state index in [1.807, 2.05) is 0 Å². The van der Waals surface area contributed by atoms with Crippen LogP contribution in [0.25, 0.3) is 0 Å². The van der Waals surface area contributed by atoms with Gasteiger partial charge in [-0.15, -0.1) is 0 Å². The first kappa shape index (κ1) is 5.34. The average molecular weight is 136 g/mol. The van der Waals surface area contributed by atoms with Gasteiger partial charge < -0.3 is 0 Å². The van der Waals surface area contributed by atoms with Crippen LogP contribution < -0.4 is 0 Å². The van der Waals surface area contributed by atoms with Crippen molar-refractivity contribution in [1.29, 1.82) is 0 Å². The van der Waals surface area contributed by atoms with Gasteiger partial charge in [0, 0.05) is 12.3 Å². The first-order chi connectivity index (χ1) is 4.88. The molecule has 0 bridgehead atoms. The Morgan fingerprint density at radius 2 is 2.00 bits per heavy atom. The minimum absolute atomic E-state index is 0.562. The van der Waals surface area contributed by atoms with Crippen molar-refractivity contribution in [3.63, 3.8) is 0 Å². The molecular formula is C9H12O. The smallest absolute Gasteiger partial charge is 0.136 e. The molecule has 0 aromatic carbocycles. The van der Waals surface area contributed by atoms with E-state index in [9.17, 15) is 4.79 Å². The number of carbonyl (C=O) groups is 1. The zero-order valence-corrected chi connectivity index (χ0v) is 6.05. The van der Waals surface area contributed by atoms with Gasteiger partial charge in [0.2, 0.25) is 0 Å². The Balaban J connectivity index is 1.79. The highest BCUT2D eigenvalue weighted by Gasteiger charge is 2.62. The molecule has 3 rings (SSSR count). The van der Waals surface area contributed by atoms with Gasteiger partial charge in [-0.1, -0.05) is 0 Å². The summed E-state index contributed by atoms with van der Waals surface area (Å²) in [4.78, 5) is 11.2. The molecule has 0 N–H and O–H groups in total. The third-order valence-electron chi connectivity index (χ3n) is 3.49. The van der Waals surface area contributed by atoms with Crippen LogP contribution >= 0.6 is 0 Å². The van der Waals surface area contributed by atoms with Gasteiger partial charge in [0.05, 0.1) is 0 Å². The number of carbonyl (C=O) groups excluding carboxylic acids is 1. The molecule has 0 radical (unpaired) electrons. The van der Waals surface area contributed by atoms with Crippen LogP contribution in [-0.4, -0.2) is 5.78 Å². The SMILES string of the molecule is O=C1CCC2C1[C@H]2C1CC1. The van der Waals surface area contributed by atoms with Crippen molar-refractivity contribution < 1.29 is 4.79 Å². The molecule has 3 saturated carbocycles. The van der Waals surface area contributed by atoms with E-state index in [1.165, 1.54) is 19.3 Å². The number of rotatable bonds is 1. The second-order valence-corrected chi connectivity index (χ2v) is 4.11. The van der Waals surface area contributed by atoms with E-state index in [0.29, 0.717) is 11.7 Å². The van der Waals surface area contributed by atoms with Gasteiger partial charge in [-0.3, -0.25) is 4.79 Å². The Morgan fingerprint density at radius 1 is 1.20 bits per heavy atom. The van der Waals surface area contributed by atoms with Crippen LogP contribution in [0.4, 0.5) is 0 Å². The van der Waals surface area contributed by atoms with Crippen LogP contribution in [0.15, 0.2) is 0 Å². The fourth-order valence-corrected chi connectivity index (χ4v) is 2.83. The molecule has 3 aliphatic carbocycles. The number of Topliss-reactive ketones (excluding diaryl/α,β-unsaturated/α-hetero) is 1. The second-order valence-electron chi connectivity index (χ2n) is 4.11. The Hall–Kier alpha value is -0.330. The van der Waals surface area contributed by atoms with Gasteiger partial charge in [-0.25, -0.2) is 0 Å². The van der Waals surface area contributed by atoms with Gasteiger partial charge in [-0.05, 0) is 37.0 Å². The zero-order valence-electron chi connectivity index (χ0n) is 6.05. The molecule has 0 spiro atoms. The summed E-state index contributed by atoms with van der Waals surface area (Å²) in [5, 5.41) is 0. The lowest BCUT2D eigenvalue weighted by Crippen LogP contribution is -2.00. The van der Waals surface area contributed by atoms with Gasteiger partial charge in [0.25, 0.3) is 0 Å². The van der Waals surface area contributed by atoms with Crippen molar-refractivity contribution in [1.82, 2.24) is 0 Å². The molecule has 3 aliphatic rings. The van der Waals surface area contributed by atoms with E-state index in [-0.39, 0.29) is 0 Å². The van der Waals surface area contributed by atoms with Crippen LogP contribution in [0.5, 0.6) is 0 Å². The fourth-order valence-electron chi connectivity index (χ4n) is 2.83. The lowest BCUT2D eigenvalue weighted by Gasteiger charge is -1.96. The van der Waals surface area contributed by atoms with E-state index >= 15 is 0 Å². The van der Waals surface area contributed by atoms with Gasteiger partial charge >= 0.3 is 0 Å². The normalized spacial score (nSPS) is 51.2. The fraction of sp³-hybridized carbons (Fsp3) is 0.889. The Bertz CT molecular complexity index is 193. The second kappa shape index (κ2) is 1.46. The van der Waals surface area contributed by atoms with Crippen molar-refractivity contribution in [2.75, 3.05) is 0 Å². The van der Waals surface area contributed by atoms with E-state index in [1.54, 1.807) is 0 Å². The average Bonchev–Trinajstić information content (AvgIpc) is 2.79. The summed E-state index contributed by atoms with van der Waals surface area (Å²) in [6.45, 7) is 0. The largest absolute Gasteiger partial charge is 0.299 e. The van der Waals surface area contributed by atoms with Crippen molar-refractivity contribution in [2.24, 2.45) is 23.7 Å². The summed E-state index contributed by atoms with van der Waals surface area (Å²) in [7, 11) is 0. The van der Waals surface area contributed by atoms with E-state index < -0.39 is 0 Å². The van der Waals surface area contributed by atoms with Crippen molar-refractivity contribution in [3.05, 3.63) is 0 Å². The predicted octanol–water partition coefficient (Wildman–Crippen LogP) is 1.62. The molecule has 2 unspecified atom stereocenters.